The summed E-state index contributed by atoms with van der Waals surface area (Å²) in [7, 11) is 0. The number of nitrogens with one attached hydrogen (secondary N) is 2. The number of hydrogen-bond acceptors (Lipinski definition) is 7. The zero-order valence-corrected chi connectivity index (χ0v) is 39.2. The van der Waals surface area contributed by atoms with Crippen LogP contribution in [0.3, 0.4) is 0 Å². The van der Waals surface area contributed by atoms with Gasteiger partial charge in [-0.3, -0.25) is 29.3 Å². The van der Waals surface area contributed by atoms with Crippen molar-refractivity contribution in [2.45, 2.75) is 207 Å². The average molecular weight is 857 g/mol. The van der Waals surface area contributed by atoms with Crippen LogP contribution < -0.4 is 15.4 Å². The summed E-state index contributed by atoms with van der Waals surface area (Å²) in [5, 5.41) is 14.2. The van der Waals surface area contributed by atoms with Crippen LogP contribution in [0.4, 0.5) is 0 Å². The van der Waals surface area contributed by atoms with E-state index >= 15 is 0 Å². The zero-order chi connectivity index (χ0) is 44.0. The quantitative estimate of drug-likeness (QED) is 0.0562. The molecule has 1 aromatic carbocycles. The predicted octanol–water partition coefficient (Wildman–Crippen LogP) is 11.6. The number of aliphatic carboxylic acids is 1. The van der Waals surface area contributed by atoms with E-state index in [-0.39, 0.29) is 36.0 Å². The first-order valence-electron chi connectivity index (χ1n) is 24.2. The van der Waals surface area contributed by atoms with Crippen LogP contribution in [0.25, 0.3) is 0 Å². The Morgan fingerprint density at radius 2 is 1.48 bits per heavy atom. The first kappa shape index (κ1) is 53.3. The lowest BCUT2D eigenvalue weighted by Crippen LogP contribution is -2.40. The molecule has 0 bridgehead atoms. The van der Waals surface area contributed by atoms with E-state index in [2.05, 4.69) is 43.5 Å². The van der Waals surface area contributed by atoms with Gasteiger partial charge in [0.1, 0.15) is 12.4 Å². The summed E-state index contributed by atoms with van der Waals surface area (Å²) in [5.74, 6) is 0.291. The number of benzene rings is 1. The Morgan fingerprint density at radius 3 is 2.08 bits per heavy atom. The van der Waals surface area contributed by atoms with Crippen molar-refractivity contribution < 1.29 is 33.8 Å². The molecule has 5 rings (SSSR count). The highest BCUT2D eigenvalue weighted by Gasteiger charge is 2.35. The molecule has 1 saturated heterocycles. The molecule has 3 aliphatic carbocycles. The number of hydrogen-bond donors (Lipinski definition) is 3. The molecule has 0 spiro atoms. The summed E-state index contributed by atoms with van der Waals surface area (Å²) < 4.78 is 5.63. The van der Waals surface area contributed by atoms with Gasteiger partial charge in [0, 0.05) is 13.0 Å². The number of amides is 3. The van der Waals surface area contributed by atoms with Gasteiger partial charge >= 0.3 is 5.97 Å². The summed E-state index contributed by atoms with van der Waals surface area (Å²) in [6.45, 7) is 11.7. The van der Waals surface area contributed by atoms with Crippen molar-refractivity contribution in [3.05, 3.63) is 29.3 Å². The van der Waals surface area contributed by atoms with Gasteiger partial charge < -0.3 is 15.2 Å². The molecule has 1 aromatic rings. The summed E-state index contributed by atoms with van der Waals surface area (Å²) in [4.78, 5) is 56.6. The standard InChI is InChI=1S/C23H36O2.C18H28N2O5S.C7H14.C2H6/c1-2-3-4-5-6-7-8-9-10-12-20-15-16-21-13-11-14-23(22(21)19-20)25-18-17-24;21-15-11-14(17(23)20-15)26-10-6-2-1-5-9-19-16(22)12-7-3-4-8-13(12)18(24)25;1-7(2)5-3-4-6-7;1-2/h11,13-14,17,20H,2-10,12,15-16,18-19H2,1H3;12-14H,1-11H2,(H,19,22)(H,24,25)(H,20,21,23);3-6H2,1-2H3;1-2H3/t20-;;;/m0.../s1. The van der Waals surface area contributed by atoms with Crippen molar-refractivity contribution in [1.82, 2.24) is 10.6 Å². The van der Waals surface area contributed by atoms with Gasteiger partial charge in [-0.15, -0.1) is 11.8 Å². The van der Waals surface area contributed by atoms with Gasteiger partial charge in [0.2, 0.25) is 17.7 Å². The van der Waals surface area contributed by atoms with E-state index in [1.807, 2.05) is 19.9 Å². The third kappa shape index (κ3) is 21.8. The number of carboxylic acids is 1. The second-order valence-electron chi connectivity index (χ2n) is 18.0. The molecule has 3 fully saturated rings. The van der Waals surface area contributed by atoms with Crippen molar-refractivity contribution in [3.8, 4) is 5.75 Å². The molecule has 3 unspecified atom stereocenters. The lowest BCUT2D eigenvalue weighted by atomic mass is 9.78. The van der Waals surface area contributed by atoms with Crippen molar-refractivity contribution >= 4 is 41.7 Å². The number of rotatable bonds is 23. The van der Waals surface area contributed by atoms with Crippen LogP contribution in [-0.2, 0) is 36.8 Å². The van der Waals surface area contributed by atoms with Crippen molar-refractivity contribution in [2.24, 2.45) is 23.2 Å². The van der Waals surface area contributed by atoms with Crippen LogP contribution in [-0.4, -0.2) is 59.2 Å². The van der Waals surface area contributed by atoms with E-state index in [0.29, 0.717) is 24.8 Å². The maximum absolute atomic E-state index is 12.2. The minimum atomic E-state index is -0.861. The predicted molar refractivity (Wildman–Crippen MR) is 248 cm³/mol. The fourth-order valence-corrected chi connectivity index (χ4v) is 10.1. The van der Waals surface area contributed by atoms with E-state index < -0.39 is 17.8 Å². The van der Waals surface area contributed by atoms with Crippen molar-refractivity contribution in [1.29, 1.82) is 0 Å². The molecule has 9 nitrogen and oxygen atoms in total. The Morgan fingerprint density at radius 1 is 0.850 bits per heavy atom. The van der Waals surface area contributed by atoms with Gasteiger partial charge in [-0.2, -0.15) is 0 Å². The third-order valence-electron chi connectivity index (χ3n) is 12.6. The second-order valence-corrected chi connectivity index (χ2v) is 19.3. The zero-order valence-electron chi connectivity index (χ0n) is 38.4. The molecular formula is C50H84N2O7S. The Bertz CT molecular complexity index is 1380. The number of carboxylic acid groups (broad SMARTS) is 1. The largest absolute Gasteiger partial charge is 0.486 e. The molecule has 1 aliphatic heterocycles. The molecule has 342 valence electrons. The summed E-state index contributed by atoms with van der Waals surface area (Å²) in [6.07, 6.45) is 31.4. The van der Waals surface area contributed by atoms with Crippen molar-refractivity contribution in [2.75, 3.05) is 18.9 Å². The number of carbonyl (C=O) groups is 5. The summed E-state index contributed by atoms with van der Waals surface area (Å²) >= 11 is 1.53. The molecule has 4 atom stereocenters. The Labute approximate surface area is 368 Å². The number of aryl methyl sites for hydroxylation is 1. The maximum Gasteiger partial charge on any atom is 0.307 e. The highest BCUT2D eigenvalue weighted by molar-refractivity contribution is 8.00. The molecule has 10 heteroatoms. The van der Waals surface area contributed by atoms with Crippen LogP contribution in [0.2, 0.25) is 0 Å². The average Bonchev–Trinajstić information content (AvgIpc) is 3.82. The van der Waals surface area contributed by atoms with Gasteiger partial charge in [-0.05, 0) is 92.1 Å². The number of imide groups is 1. The molecule has 3 N–H and O–H groups in total. The number of unbranched alkanes of at least 4 members (excludes halogenated alkanes) is 11. The Kier molecular flexibility index (Phi) is 28.3. The van der Waals surface area contributed by atoms with E-state index in [4.69, 9.17) is 4.74 Å². The molecule has 4 aliphatic rings. The first-order chi connectivity index (χ1) is 29.0. The molecule has 1 heterocycles. The minimum Gasteiger partial charge on any atom is -0.486 e. The SMILES string of the molecule is CC.CC1(C)CCCC1.CCCCCCCCCCC[C@H]1CCc2cccc(OCC=O)c2C1.O=C1CC(SCCCCCCNC(=O)C2CCCCC2C(=O)O)C(=O)N1. The van der Waals surface area contributed by atoms with E-state index in [0.717, 1.165) is 75.1 Å². The van der Waals surface area contributed by atoms with Gasteiger partial charge in [0.25, 0.3) is 0 Å². The van der Waals surface area contributed by atoms with Crippen LogP contribution in [0, 0.1) is 23.2 Å². The molecule has 2 saturated carbocycles. The highest BCUT2D eigenvalue weighted by atomic mass is 32.2. The van der Waals surface area contributed by atoms with Crippen LogP contribution in [0.15, 0.2) is 18.2 Å². The van der Waals surface area contributed by atoms with Gasteiger partial charge in [-0.1, -0.05) is 149 Å². The van der Waals surface area contributed by atoms with Gasteiger partial charge in [0.05, 0.1) is 17.1 Å². The van der Waals surface area contributed by atoms with Gasteiger partial charge in [-0.25, -0.2) is 0 Å². The summed E-state index contributed by atoms with van der Waals surface area (Å²) in [5.41, 5.74) is 3.48. The normalized spacial score (nSPS) is 21.4. The molecular weight excluding hydrogens is 773 g/mol. The van der Waals surface area contributed by atoms with E-state index in [1.165, 1.54) is 119 Å². The number of aldehydes is 1. The van der Waals surface area contributed by atoms with E-state index in [9.17, 15) is 29.1 Å². The minimum absolute atomic E-state index is 0.121. The van der Waals surface area contributed by atoms with Crippen molar-refractivity contribution in [3.63, 3.8) is 0 Å². The molecule has 3 amide bonds. The maximum atomic E-state index is 12.2. The highest BCUT2D eigenvalue weighted by Crippen LogP contribution is 2.37. The van der Waals surface area contributed by atoms with E-state index in [1.54, 1.807) is 0 Å². The third-order valence-corrected chi connectivity index (χ3v) is 13.9. The lowest BCUT2D eigenvalue weighted by molar-refractivity contribution is -0.148. The topological polar surface area (TPSA) is 139 Å². The smallest absolute Gasteiger partial charge is 0.307 e. The first-order valence-corrected chi connectivity index (χ1v) is 25.2. The molecule has 60 heavy (non-hydrogen) atoms. The number of fused-ring (bicyclic) bond motifs is 1. The number of carbonyl (C=O) groups excluding carboxylic acids is 4. The number of thioether (sulfide) groups is 1. The summed E-state index contributed by atoms with van der Waals surface area (Å²) in [6, 6.07) is 6.29. The van der Waals surface area contributed by atoms with Crippen LogP contribution in [0.1, 0.15) is 200 Å². The fourth-order valence-electron chi connectivity index (χ4n) is 8.96. The molecule has 0 radical (unpaired) electrons. The number of ether oxygens (including phenoxy) is 1. The fraction of sp³-hybridized carbons (Fsp3) is 0.780. The molecule has 0 aromatic heterocycles. The van der Waals surface area contributed by atoms with Gasteiger partial charge in [0.15, 0.2) is 6.29 Å². The lowest BCUT2D eigenvalue weighted by Gasteiger charge is -2.27. The van der Waals surface area contributed by atoms with Crippen LogP contribution in [0.5, 0.6) is 5.75 Å². The Balaban J connectivity index is 0.000000343. The Hall–Kier alpha value is -2.88. The van der Waals surface area contributed by atoms with Crippen LogP contribution >= 0.6 is 11.8 Å². The monoisotopic (exact) mass is 857 g/mol. The second kappa shape index (κ2) is 31.9.